The molecule has 3 nitrogen and oxygen atoms in total. The minimum Gasteiger partial charge on any atom is -0.327 e. The molecule has 2 aromatic rings. The second-order valence-corrected chi connectivity index (χ2v) is 6.44. The summed E-state index contributed by atoms with van der Waals surface area (Å²) in [5.74, 6) is 2.88. The van der Waals surface area contributed by atoms with Crippen molar-refractivity contribution in [3.05, 3.63) is 71.3 Å². The number of hydrogen-bond donors (Lipinski definition) is 0. The maximum absolute atomic E-state index is 12.4. The van der Waals surface area contributed by atoms with E-state index in [0.717, 1.165) is 5.56 Å². The quantitative estimate of drug-likeness (QED) is 0.569. The molecule has 0 heterocycles. The number of carbonyl (C=O) groups is 2. The fourth-order valence-corrected chi connectivity index (χ4v) is 2.56. The van der Waals surface area contributed by atoms with Gasteiger partial charge < -0.3 is 4.90 Å². The summed E-state index contributed by atoms with van der Waals surface area (Å²) in [6.07, 6.45) is 5.87. The van der Waals surface area contributed by atoms with Crippen LogP contribution in [0.15, 0.2) is 54.6 Å². The summed E-state index contributed by atoms with van der Waals surface area (Å²) in [5.41, 5.74) is 2.25. The SMILES string of the molecule is C#CCN(Cc1ccc(C(=O)c2ccccc2)cc1)C(=O)CC(C)C. The molecule has 3 heteroatoms. The van der Waals surface area contributed by atoms with E-state index in [-0.39, 0.29) is 18.2 Å². The van der Waals surface area contributed by atoms with E-state index in [4.69, 9.17) is 6.42 Å². The molecule has 0 N–H and O–H groups in total. The van der Waals surface area contributed by atoms with Crippen LogP contribution in [0.1, 0.15) is 41.8 Å². The summed E-state index contributed by atoms with van der Waals surface area (Å²) in [7, 11) is 0. The van der Waals surface area contributed by atoms with Crippen LogP contribution in [0.3, 0.4) is 0 Å². The van der Waals surface area contributed by atoms with E-state index in [1.54, 1.807) is 29.2 Å². The second-order valence-electron chi connectivity index (χ2n) is 6.44. The van der Waals surface area contributed by atoms with Gasteiger partial charge in [0.15, 0.2) is 5.78 Å². The third kappa shape index (κ3) is 5.32. The number of benzene rings is 2. The van der Waals surface area contributed by atoms with Gasteiger partial charge in [-0.2, -0.15) is 0 Å². The van der Waals surface area contributed by atoms with Gasteiger partial charge in [-0.25, -0.2) is 0 Å². The highest BCUT2D eigenvalue weighted by atomic mass is 16.2. The monoisotopic (exact) mass is 333 g/mol. The van der Waals surface area contributed by atoms with Crippen LogP contribution in [0.4, 0.5) is 0 Å². The van der Waals surface area contributed by atoms with E-state index in [1.807, 2.05) is 44.2 Å². The zero-order chi connectivity index (χ0) is 18.2. The Bertz CT molecular complexity index is 755. The van der Waals surface area contributed by atoms with Gasteiger partial charge in [0.25, 0.3) is 0 Å². The normalized spacial score (nSPS) is 10.3. The first-order valence-corrected chi connectivity index (χ1v) is 8.41. The molecule has 0 saturated carbocycles. The van der Waals surface area contributed by atoms with E-state index in [2.05, 4.69) is 5.92 Å². The molecule has 1 amide bonds. The smallest absolute Gasteiger partial charge is 0.223 e. The Kier molecular flexibility index (Phi) is 6.54. The molecular weight excluding hydrogens is 310 g/mol. The van der Waals surface area contributed by atoms with Crippen LogP contribution in [0, 0.1) is 18.3 Å². The average Bonchev–Trinajstić information content (AvgIpc) is 2.61. The topological polar surface area (TPSA) is 37.4 Å². The molecule has 2 aromatic carbocycles. The van der Waals surface area contributed by atoms with Crippen molar-refractivity contribution in [2.24, 2.45) is 5.92 Å². The van der Waals surface area contributed by atoms with Gasteiger partial charge in [0, 0.05) is 24.1 Å². The fraction of sp³-hybridized carbons (Fsp3) is 0.273. The first-order valence-electron chi connectivity index (χ1n) is 8.41. The minimum atomic E-state index is -0.0106. The molecule has 2 rings (SSSR count). The molecule has 0 aliphatic carbocycles. The van der Waals surface area contributed by atoms with Gasteiger partial charge in [-0.1, -0.05) is 74.4 Å². The Morgan fingerprint density at radius 1 is 1.00 bits per heavy atom. The maximum Gasteiger partial charge on any atom is 0.223 e. The van der Waals surface area contributed by atoms with Gasteiger partial charge in [0.2, 0.25) is 5.91 Å². The highest BCUT2D eigenvalue weighted by Gasteiger charge is 2.15. The van der Waals surface area contributed by atoms with Crippen LogP contribution in [0.25, 0.3) is 0 Å². The Morgan fingerprint density at radius 3 is 2.16 bits per heavy atom. The number of amides is 1. The van der Waals surface area contributed by atoms with E-state index in [0.29, 0.717) is 30.0 Å². The molecule has 0 fully saturated rings. The van der Waals surface area contributed by atoms with Crippen LogP contribution >= 0.6 is 0 Å². The molecule has 0 saturated heterocycles. The van der Waals surface area contributed by atoms with Crippen molar-refractivity contribution in [2.75, 3.05) is 6.54 Å². The van der Waals surface area contributed by atoms with Gasteiger partial charge in [-0.3, -0.25) is 9.59 Å². The number of rotatable bonds is 7. The van der Waals surface area contributed by atoms with Crippen LogP contribution in [0.5, 0.6) is 0 Å². The Balaban J connectivity index is 2.09. The van der Waals surface area contributed by atoms with Crippen LogP contribution in [-0.2, 0) is 11.3 Å². The van der Waals surface area contributed by atoms with E-state index in [1.165, 1.54) is 0 Å². The minimum absolute atomic E-state index is 0.0106. The zero-order valence-corrected chi connectivity index (χ0v) is 14.7. The van der Waals surface area contributed by atoms with Crippen molar-refractivity contribution < 1.29 is 9.59 Å². The van der Waals surface area contributed by atoms with Gasteiger partial charge in [-0.15, -0.1) is 6.42 Å². The summed E-state index contributed by atoms with van der Waals surface area (Å²) in [6.45, 7) is 4.76. The molecule has 0 spiro atoms. The van der Waals surface area contributed by atoms with Crippen molar-refractivity contribution >= 4 is 11.7 Å². The summed E-state index contributed by atoms with van der Waals surface area (Å²) < 4.78 is 0. The standard InChI is InChI=1S/C22H23NO2/c1-4-14-23(21(24)15-17(2)3)16-18-10-12-20(13-11-18)22(25)19-8-6-5-7-9-19/h1,5-13,17H,14-16H2,2-3H3. The predicted molar refractivity (Wildman–Crippen MR) is 100 cm³/mol. The highest BCUT2D eigenvalue weighted by molar-refractivity contribution is 6.08. The van der Waals surface area contributed by atoms with Crippen molar-refractivity contribution in [1.82, 2.24) is 4.90 Å². The predicted octanol–water partition coefficient (Wildman–Crippen LogP) is 3.93. The van der Waals surface area contributed by atoms with E-state index < -0.39 is 0 Å². The molecular formula is C22H23NO2. The second kappa shape index (κ2) is 8.84. The molecule has 0 radical (unpaired) electrons. The van der Waals surface area contributed by atoms with E-state index in [9.17, 15) is 9.59 Å². The first kappa shape index (κ1) is 18.5. The fourth-order valence-electron chi connectivity index (χ4n) is 2.56. The Morgan fingerprint density at radius 2 is 1.60 bits per heavy atom. The lowest BCUT2D eigenvalue weighted by Gasteiger charge is -2.21. The molecule has 25 heavy (non-hydrogen) atoms. The summed E-state index contributed by atoms with van der Waals surface area (Å²) >= 11 is 0. The largest absolute Gasteiger partial charge is 0.327 e. The highest BCUT2D eigenvalue weighted by Crippen LogP contribution is 2.14. The lowest BCUT2D eigenvalue weighted by molar-refractivity contribution is -0.131. The van der Waals surface area contributed by atoms with Crippen LogP contribution < -0.4 is 0 Å². The number of ketones is 1. The zero-order valence-electron chi connectivity index (χ0n) is 14.7. The number of nitrogens with zero attached hydrogens (tertiary/aromatic N) is 1. The van der Waals surface area contributed by atoms with Crippen LogP contribution in [0.2, 0.25) is 0 Å². The number of terminal acetylenes is 1. The van der Waals surface area contributed by atoms with Gasteiger partial charge in [0.1, 0.15) is 0 Å². The number of hydrogen-bond acceptors (Lipinski definition) is 2. The first-order chi connectivity index (χ1) is 12.0. The molecule has 128 valence electrons. The molecule has 0 aliphatic heterocycles. The number of carbonyl (C=O) groups excluding carboxylic acids is 2. The van der Waals surface area contributed by atoms with Crippen molar-refractivity contribution in [3.63, 3.8) is 0 Å². The summed E-state index contributed by atoms with van der Waals surface area (Å²) in [6, 6.07) is 16.5. The lowest BCUT2D eigenvalue weighted by Crippen LogP contribution is -2.31. The Labute approximate surface area is 149 Å². The van der Waals surface area contributed by atoms with Gasteiger partial charge >= 0.3 is 0 Å². The van der Waals surface area contributed by atoms with Crippen LogP contribution in [-0.4, -0.2) is 23.1 Å². The third-order valence-electron chi connectivity index (χ3n) is 3.84. The molecule has 0 atom stereocenters. The van der Waals surface area contributed by atoms with E-state index >= 15 is 0 Å². The van der Waals surface area contributed by atoms with Crippen molar-refractivity contribution in [2.45, 2.75) is 26.8 Å². The Hall–Kier alpha value is -2.86. The van der Waals surface area contributed by atoms with Crippen molar-refractivity contribution in [3.8, 4) is 12.3 Å². The lowest BCUT2D eigenvalue weighted by atomic mass is 10.0. The third-order valence-corrected chi connectivity index (χ3v) is 3.84. The summed E-state index contributed by atoms with van der Waals surface area (Å²) in [5, 5.41) is 0. The van der Waals surface area contributed by atoms with Gasteiger partial charge in [-0.05, 0) is 11.5 Å². The molecule has 0 aliphatic rings. The maximum atomic E-state index is 12.4. The van der Waals surface area contributed by atoms with Gasteiger partial charge in [0.05, 0.1) is 6.54 Å². The molecule has 0 unspecified atom stereocenters. The summed E-state index contributed by atoms with van der Waals surface area (Å²) in [4.78, 5) is 26.4. The van der Waals surface area contributed by atoms with Crippen molar-refractivity contribution in [1.29, 1.82) is 0 Å². The molecule has 0 bridgehead atoms. The average molecular weight is 333 g/mol. The molecule has 0 aromatic heterocycles.